The molecule has 2 aliphatic carbocycles. The van der Waals surface area contributed by atoms with Gasteiger partial charge in [0.05, 0.1) is 11.8 Å². The molecule has 4 aliphatic rings. The number of allylic oxidation sites excluding steroid dienone is 2. The van der Waals surface area contributed by atoms with Gasteiger partial charge in [0.2, 0.25) is 11.8 Å². The first-order valence-electron chi connectivity index (χ1n) is 10.7. The number of alkyl halides is 2. The van der Waals surface area contributed by atoms with Crippen LogP contribution in [0.15, 0.2) is 34.3 Å². The Balaban J connectivity index is 1.76. The van der Waals surface area contributed by atoms with E-state index in [0.29, 0.717) is 22.0 Å². The summed E-state index contributed by atoms with van der Waals surface area (Å²) < 4.78 is 0.640. The minimum absolute atomic E-state index is 0.0538. The smallest absolute Gasteiger partial charge is 0.253 e. The number of phenols is 1. The molecule has 1 aromatic rings. The second kappa shape index (κ2) is 7.30. The predicted octanol–water partition coefficient (Wildman–Crippen LogP) is 3.16. The predicted molar refractivity (Wildman–Crippen MR) is 124 cm³/mol. The van der Waals surface area contributed by atoms with E-state index >= 15 is 0 Å². The SMILES string of the molecule is CCN1C(=O)[C@H]2[C@H](CC=C3[C@H]2C[C@@]2(Cl)C(=O)N(C)C(=O)[C@@]2(Cl)[C@H]3c2cc(Br)ccc2O)C1=O. The maximum absolute atomic E-state index is 13.4. The Morgan fingerprint density at radius 3 is 2.48 bits per heavy atom. The fourth-order valence-electron chi connectivity index (χ4n) is 6.22. The molecule has 0 spiro atoms. The molecule has 0 bridgehead atoms. The molecule has 0 radical (unpaired) electrons. The number of benzene rings is 1. The Bertz CT molecular complexity index is 1170. The minimum Gasteiger partial charge on any atom is -0.508 e. The highest BCUT2D eigenvalue weighted by molar-refractivity contribution is 9.10. The van der Waals surface area contributed by atoms with E-state index in [9.17, 15) is 24.3 Å². The third-order valence-corrected chi connectivity index (χ3v) is 9.63. The number of hydrogen-bond acceptors (Lipinski definition) is 5. The van der Waals surface area contributed by atoms with Crippen molar-refractivity contribution in [3.8, 4) is 5.75 Å². The van der Waals surface area contributed by atoms with E-state index in [4.69, 9.17) is 23.2 Å². The monoisotopic (exact) mass is 554 g/mol. The molecule has 1 aromatic carbocycles. The van der Waals surface area contributed by atoms with Gasteiger partial charge in [0, 0.05) is 29.5 Å². The zero-order valence-corrected chi connectivity index (χ0v) is 20.9. The summed E-state index contributed by atoms with van der Waals surface area (Å²) in [4.78, 5) is 51.3. The first-order chi connectivity index (χ1) is 15.5. The van der Waals surface area contributed by atoms with Crippen molar-refractivity contribution in [3.63, 3.8) is 0 Å². The summed E-state index contributed by atoms with van der Waals surface area (Å²) in [6.45, 7) is 2.00. The number of imide groups is 2. The van der Waals surface area contributed by atoms with Crippen LogP contribution in [0.25, 0.3) is 0 Å². The first kappa shape index (κ1) is 22.9. The van der Waals surface area contributed by atoms with Crippen LogP contribution in [0.2, 0.25) is 0 Å². The van der Waals surface area contributed by atoms with Crippen molar-refractivity contribution in [1.82, 2.24) is 9.80 Å². The van der Waals surface area contributed by atoms with E-state index in [-0.39, 0.29) is 30.5 Å². The quantitative estimate of drug-likeness (QED) is 0.343. The maximum Gasteiger partial charge on any atom is 0.253 e. The average molecular weight is 556 g/mol. The Morgan fingerprint density at radius 1 is 1.12 bits per heavy atom. The lowest BCUT2D eigenvalue weighted by atomic mass is 9.56. The highest BCUT2D eigenvalue weighted by atomic mass is 79.9. The number of hydrogen-bond donors (Lipinski definition) is 1. The number of phenolic OH excluding ortho intramolecular Hbond substituents is 1. The molecule has 4 amide bonds. The summed E-state index contributed by atoms with van der Waals surface area (Å²) in [6, 6.07) is 4.76. The van der Waals surface area contributed by atoms with Gasteiger partial charge >= 0.3 is 0 Å². The van der Waals surface area contributed by atoms with Crippen molar-refractivity contribution in [1.29, 1.82) is 0 Å². The molecule has 2 heterocycles. The van der Waals surface area contributed by atoms with E-state index in [1.165, 1.54) is 18.0 Å². The van der Waals surface area contributed by atoms with Crippen molar-refractivity contribution in [2.75, 3.05) is 13.6 Å². The summed E-state index contributed by atoms with van der Waals surface area (Å²) >= 11 is 17.5. The molecule has 2 aliphatic heterocycles. The fraction of sp³-hybridized carbons (Fsp3) is 0.478. The van der Waals surface area contributed by atoms with Crippen molar-refractivity contribution in [3.05, 3.63) is 39.9 Å². The fourth-order valence-corrected chi connectivity index (χ4v) is 7.61. The van der Waals surface area contributed by atoms with Crippen LogP contribution in [0, 0.1) is 17.8 Å². The number of likely N-dealkylation sites (tertiary alicyclic amines) is 2. The lowest BCUT2D eigenvalue weighted by Crippen LogP contribution is -2.60. The highest BCUT2D eigenvalue weighted by Crippen LogP contribution is 2.66. The standard InChI is InChI=1S/C23H21BrCl2N2O5/c1-3-28-18(30)12-6-5-11-14(16(12)19(28)31)9-22(25)20(32)27(2)21(33)23(22,26)17(11)13-8-10(24)4-7-15(13)29/h4-5,7-8,12,14,16-17,29H,3,6,9H2,1-2H3/t12-,14+,16-,17+,22+,23-/m0/s1. The molecule has 5 rings (SSSR count). The van der Waals surface area contributed by atoms with Gasteiger partial charge in [-0.3, -0.25) is 29.0 Å². The Kier molecular flexibility index (Phi) is 5.06. The van der Waals surface area contributed by atoms with E-state index in [2.05, 4.69) is 15.9 Å². The molecular formula is C23H21BrCl2N2O5. The second-order valence-electron chi connectivity index (χ2n) is 9.12. The van der Waals surface area contributed by atoms with Crippen molar-refractivity contribution in [2.45, 2.75) is 35.4 Å². The number of nitrogens with zero attached hydrogens (tertiary/aromatic N) is 2. The third-order valence-electron chi connectivity index (χ3n) is 7.72. The summed E-state index contributed by atoms with van der Waals surface area (Å²) in [5.41, 5.74) is 0.992. The number of rotatable bonds is 2. The van der Waals surface area contributed by atoms with Crippen LogP contribution in [-0.2, 0) is 19.2 Å². The zero-order valence-electron chi connectivity index (χ0n) is 17.8. The van der Waals surface area contributed by atoms with Crippen LogP contribution in [0.5, 0.6) is 5.75 Å². The molecule has 2 saturated heterocycles. The normalized spacial score (nSPS) is 37.8. The summed E-state index contributed by atoms with van der Waals surface area (Å²) in [5.74, 6) is -4.72. The summed E-state index contributed by atoms with van der Waals surface area (Å²) in [5, 5.41) is 10.8. The van der Waals surface area contributed by atoms with Gasteiger partial charge in [0.25, 0.3) is 11.8 Å². The van der Waals surface area contributed by atoms with Crippen molar-refractivity contribution < 1.29 is 24.3 Å². The number of carbonyl (C=O) groups excluding carboxylic acids is 4. The van der Waals surface area contributed by atoms with Gasteiger partial charge in [-0.05, 0) is 43.9 Å². The number of halogens is 3. The second-order valence-corrected chi connectivity index (χ2v) is 11.3. The largest absolute Gasteiger partial charge is 0.508 e. The molecule has 1 N–H and O–H groups in total. The van der Waals surface area contributed by atoms with Gasteiger partial charge < -0.3 is 5.11 Å². The number of amides is 4. The van der Waals surface area contributed by atoms with Gasteiger partial charge in [0.1, 0.15) is 5.75 Å². The zero-order chi connectivity index (χ0) is 24.0. The van der Waals surface area contributed by atoms with Crippen molar-refractivity contribution in [2.24, 2.45) is 17.8 Å². The molecule has 7 nitrogen and oxygen atoms in total. The lowest BCUT2D eigenvalue weighted by Gasteiger charge is -2.50. The van der Waals surface area contributed by atoms with Gasteiger partial charge in [-0.15, -0.1) is 23.2 Å². The molecule has 6 atom stereocenters. The van der Waals surface area contributed by atoms with Crippen molar-refractivity contribution >= 4 is 62.8 Å². The van der Waals surface area contributed by atoms with Gasteiger partial charge in [-0.2, -0.15) is 0 Å². The van der Waals surface area contributed by atoms with Gasteiger partial charge in [-0.25, -0.2) is 0 Å². The van der Waals surface area contributed by atoms with E-state index in [1.54, 1.807) is 19.1 Å². The maximum atomic E-state index is 13.4. The van der Waals surface area contributed by atoms with Crippen LogP contribution >= 0.6 is 39.1 Å². The number of fused-ring (bicyclic) bond motifs is 4. The third kappa shape index (κ3) is 2.68. The number of carbonyl (C=O) groups is 4. The Labute approximate surface area is 208 Å². The van der Waals surface area contributed by atoms with E-state index < -0.39 is 45.2 Å². The van der Waals surface area contributed by atoms with E-state index in [0.717, 1.165) is 4.90 Å². The Morgan fingerprint density at radius 2 is 1.82 bits per heavy atom. The first-order valence-corrected chi connectivity index (χ1v) is 12.3. The molecular weight excluding hydrogens is 535 g/mol. The van der Waals surface area contributed by atoms with Crippen LogP contribution in [0.4, 0.5) is 0 Å². The molecule has 0 unspecified atom stereocenters. The summed E-state index contributed by atoms with van der Waals surface area (Å²) in [7, 11) is 1.33. The van der Waals surface area contributed by atoms with Gasteiger partial charge in [-0.1, -0.05) is 27.6 Å². The number of aromatic hydroxyl groups is 1. The lowest BCUT2D eigenvalue weighted by molar-refractivity contribution is -0.141. The molecule has 1 saturated carbocycles. The van der Waals surface area contributed by atoms with E-state index in [1.807, 2.05) is 6.08 Å². The highest BCUT2D eigenvalue weighted by Gasteiger charge is 2.76. The summed E-state index contributed by atoms with van der Waals surface area (Å²) in [6.07, 6.45) is 2.10. The average Bonchev–Trinajstić information content (AvgIpc) is 3.10. The topological polar surface area (TPSA) is 95.0 Å². The molecule has 33 heavy (non-hydrogen) atoms. The van der Waals surface area contributed by atoms with Crippen LogP contribution in [0.3, 0.4) is 0 Å². The van der Waals surface area contributed by atoms with Gasteiger partial charge in [0.15, 0.2) is 9.75 Å². The van der Waals surface area contributed by atoms with Crippen LogP contribution < -0.4 is 0 Å². The minimum atomic E-state index is -1.90. The molecule has 10 heteroatoms. The molecule has 0 aromatic heterocycles. The molecule has 3 fully saturated rings. The van der Waals surface area contributed by atoms with Crippen LogP contribution in [-0.4, -0.2) is 61.9 Å². The molecule has 174 valence electrons. The van der Waals surface area contributed by atoms with Crippen LogP contribution in [0.1, 0.15) is 31.2 Å². The Hall–Kier alpha value is -1.90.